The van der Waals surface area contributed by atoms with Crippen LogP contribution >= 0.6 is 0 Å². The van der Waals surface area contributed by atoms with Crippen molar-refractivity contribution in [1.82, 2.24) is 4.31 Å². The molecule has 1 aromatic rings. The average Bonchev–Trinajstić information content (AvgIpc) is 3.54. The van der Waals surface area contributed by atoms with E-state index >= 15 is 0 Å². The Morgan fingerprint density at radius 2 is 1.77 bits per heavy atom. The third kappa shape index (κ3) is 4.80. The second-order valence-electron chi connectivity index (χ2n) is 7.78. The Bertz CT molecular complexity index is 962. The number of allylic oxidation sites excluding steroid dienone is 2. The molecular formula is C21H28N2O6S. The van der Waals surface area contributed by atoms with Gasteiger partial charge in [0.15, 0.2) is 0 Å². The van der Waals surface area contributed by atoms with E-state index in [0.717, 1.165) is 5.56 Å². The molecule has 1 aromatic carbocycles. The summed E-state index contributed by atoms with van der Waals surface area (Å²) in [5.41, 5.74) is 5.66. The number of carboxylic acid groups (broad SMARTS) is 2. The van der Waals surface area contributed by atoms with Gasteiger partial charge in [0.05, 0.1) is 10.8 Å². The number of benzene rings is 1. The molecule has 2 atom stereocenters. The Balaban J connectivity index is 0.000000215. The molecule has 1 aliphatic heterocycles. The quantitative estimate of drug-likeness (QED) is 0.580. The Kier molecular flexibility index (Phi) is 7.23. The zero-order valence-electron chi connectivity index (χ0n) is 17.3. The predicted molar refractivity (Wildman–Crippen MR) is 112 cm³/mol. The molecule has 0 spiro atoms. The molecule has 0 saturated carbocycles. The van der Waals surface area contributed by atoms with Crippen molar-refractivity contribution in [3.8, 4) is 0 Å². The smallest absolute Gasteiger partial charge is 0.332 e. The van der Waals surface area contributed by atoms with Crippen molar-refractivity contribution in [1.29, 1.82) is 0 Å². The van der Waals surface area contributed by atoms with Crippen LogP contribution < -0.4 is 5.73 Å². The van der Waals surface area contributed by atoms with E-state index in [1.54, 1.807) is 37.3 Å². The summed E-state index contributed by atoms with van der Waals surface area (Å²) < 4.78 is 24.8. The molecule has 4 N–H and O–H groups in total. The van der Waals surface area contributed by atoms with Crippen molar-refractivity contribution >= 4 is 22.0 Å². The van der Waals surface area contributed by atoms with E-state index < -0.39 is 33.3 Å². The first kappa shape index (κ1) is 23.8. The minimum absolute atomic E-state index is 0.0686. The number of aliphatic carboxylic acids is 2. The molecule has 1 saturated heterocycles. The van der Waals surface area contributed by atoms with Crippen LogP contribution in [0.25, 0.3) is 0 Å². The van der Waals surface area contributed by atoms with E-state index in [0.29, 0.717) is 24.5 Å². The first-order valence-electron chi connectivity index (χ1n) is 9.60. The van der Waals surface area contributed by atoms with Gasteiger partial charge in [-0.25, -0.2) is 13.2 Å². The number of sulfonamides is 1. The molecule has 0 bridgehead atoms. The van der Waals surface area contributed by atoms with Crippen LogP contribution in [0.5, 0.6) is 0 Å². The highest BCUT2D eigenvalue weighted by Gasteiger charge is 2.46. The zero-order chi connectivity index (χ0) is 22.7. The number of carbonyl (C=O) groups is 2. The van der Waals surface area contributed by atoms with Crippen molar-refractivity contribution in [2.45, 2.75) is 32.2 Å². The summed E-state index contributed by atoms with van der Waals surface area (Å²) in [6.07, 6.45) is 4.54. The number of nitrogens with zero attached hydrogens (tertiary/aromatic N) is 1. The normalized spacial score (nSPS) is 23.4. The van der Waals surface area contributed by atoms with E-state index in [1.807, 2.05) is 13.8 Å². The summed E-state index contributed by atoms with van der Waals surface area (Å²) in [6.45, 7) is 7.09. The van der Waals surface area contributed by atoms with Crippen molar-refractivity contribution < 1.29 is 28.2 Å². The minimum Gasteiger partial charge on any atom is -0.481 e. The summed E-state index contributed by atoms with van der Waals surface area (Å²) in [6, 6.07) is 6.71. The molecule has 30 heavy (non-hydrogen) atoms. The van der Waals surface area contributed by atoms with Gasteiger partial charge in [0.25, 0.3) is 0 Å². The molecule has 3 rings (SSSR count). The van der Waals surface area contributed by atoms with E-state index in [9.17, 15) is 18.0 Å². The lowest BCUT2D eigenvalue weighted by Gasteiger charge is -2.39. The van der Waals surface area contributed by atoms with Crippen molar-refractivity contribution in [3.63, 3.8) is 0 Å². The Morgan fingerprint density at radius 3 is 2.17 bits per heavy atom. The molecule has 9 heteroatoms. The molecule has 164 valence electrons. The standard InChI is InChI=1S/C12H16O4.C9H12N2O2S/c1-7(2)12(3)8(10(13)14)5-4-6-9(12)11(15)16;10-7-8-1-3-9(4-2-8)14(12,13)11-5-6-11/h4-8H,1-3H3,(H,13,14)(H,15,16);1-4H,5-7,10H2. The number of hydrogen-bond acceptors (Lipinski definition) is 5. The molecule has 2 aliphatic rings. The van der Waals surface area contributed by atoms with E-state index in [2.05, 4.69) is 0 Å². The Hall–Kier alpha value is -2.49. The summed E-state index contributed by atoms with van der Waals surface area (Å²) in [5.74, 6) is -2.89. The third-order valence-electron chi connectivity index (χ3n) is 5.69. The van der Waals surface area contributed by atoms with Gasteiger partial charge in [-0.3, -0.25) is 4.79 Å². The molecule has 1 aliphatic carbocycles. The van der Waals surface area contributed by atoms with Gasteiger partial charge < -0.3 is 15.9 Å². The van der Waals surface area contributed by atoms with Gasteiger partial charge in [-0.1, -0.05) is 51.1 Å². The summed E-state index contributed by atoms with van der Waals surface area (Å²) in [7, 11) is -3.20. The zero-order valence-corrected chi connectivity index (χ0v) is 18.1. The van der Waals surface area contributed by atoms with Gasteiger partial charge in [-0.2, -0.15) is 4.31 Å². The monoisotopic (exact) mass is 436 g/mol. The fraction of sp³-hybridized carbons (Fsp3) is 0.429. The average molecular weight is 437 g/mol. The van der Waals surface area contributed by atoms with E-state index in [4.69, 9.17) is 15.9 Å². The highest BCUT2D eigenvalue weighted by atomic mass is 32.2. The molecule has 0 radical (unpaired) electrons. The first-order valence-corrected chi connectivity index (χ1v) is 11.0. The lowest BCUT2D eigenvalue weighted by Crippen LogP contribution is -2.41. The lowest BCUT2D eigenvalue weighted by atomic mass is 9.62. The SMILES string of the molecule is CC(C)C1(C)C(C(=O)O)=CC=CC1C(=O)O.NCc1ccc(S(=O)(=O)N2CC2)cc1. The molecule has 1 heterocycles. The molecule has 1 fully saturated rings. The van der Waals surface area contributed by atoms with Gasteiger partial charge in [0.1, 0.15) is 0 Å². The van der Waals surface area contributed by atoms with Crippen LogP contribution in [0.2, 0.25) is 0 Å². The second-order valence-corrected chi connectivity index (χ2v) is 9.71. The van der Waals surface area contributed by atoms with E-state index in [1.165, 1.54) is 16.5 Å². The van der Waals surface area contributed by atoms with Crippen LogP contribution in [0.1, 0.15) is 26.3 Å². The van der Waals surface area contributed by atoms with Crippen LogP contribution in [0.4, 0.5) is 0 Å². The maximum absolute atomic E-state index is 11.7. The van der Waals surface area contributed by atoms with Crippen LogP contribution in [-0.4, -0.2) is 48.0 Å². The molecular weight excluding hydrogens is 408 g/mol. The Labute approximate surface area is 176 Å². The van der Waals surface area contributed by atoms with Gasteiger partial charge in [-0.15, -0.1) is 0 Å². The first-order chi connectivity index (χ1) is 14.0. The van der Waals surface area contributed by atoms with Crippen molar-refractivity contribution in [3.05, 3.63) is 53.6 Å². The van der Waals surface area contributed by atoms with Crippen LogP contribution in [0.15, 0.2) is 53.0 Å². The molecule has 8 nitrogen and oxygen atoms in total. The Morgan fingerprint density at radius 1 is 1.20 bits per heavy atom. The van der Waals surface area contributed by atoms with Gasteiger partial charge >= 0.3 is 11.9 Å². The van der Waals surface area contributed by atoms with Crippen LogP contribution in [0, 0.1) is 17.3 Å². The second kappa shape index (κ2) is 9.11. The highest BCUT2D eigenvalue weighted by molar-refractivity contribution is 7.89. The number of rotatable bonds is 6. The maximum Gasteiger partial charge on any atom is 0.332 e. The molecule has 2 unspecified atom stereocenters. The third-order valence-corrected chi connectivity index (χ3v) is 7.60. The molecule has 0 amide bonds. The maximum atomic E-state index is 11.7. The fourth-order valence-electron chi connectivity index (χ4n) is 3.35. The van der Waals surface area contributed by atoms with Crippen molar-refractivity contribution in [2.24, 2.45) is 23.0 Å². The fourth-order valence-corrected chi connectivity index (χ4v) is 4.69. The van der Waals surface area contributed by atoms with Crippen molar-refractivity contribution in [2.75, 3.05) is 13.1 Å². The van der Waals surface area contributed by atoms with Gasteiger partial charge in [0, 0.05) is 30.6 Å². The number of hydrogen-bond donors (Lipinski definition) is 3. The summed E-state index contributed by atoms with van der Waals surface area (Å²) in [4.78, 5) is 22.7. The topological polar surface area (TPSA) is 138 Å². The predicted octanol–water partition coefficient (Wildman–Crippen LogP) is 2.08. The summed E-state index contributed by atoms with van der Waals surface area (Å²) >= 11 is 0. The number of carboxylic acids is 2. The van der Waals surface area contributed by atoms with E-state index in [-0.39, 0.29) is 11.5 Å². The van der Waals surface area contributed by atoms with Gasteiger partial charge in [-0.05, 0) is 23.6 Å². The molecule has 0 aromatic heterocycles. The highest BCUT2D eigenvalue weighted by Crippen LogP contribution is 2.45. The largest absolute Gasteiger partial charge is 0.481 e. The summed E-state index contributed by atoms with van der Waals surface area (Å²) in [5, 5.41) is 18.3. The van der Waals surface area contributed by atoms with Gasteiger partial charge in [0.2, 0.25) is 10.0 Å². The minimum atomic E-state index is -3.20. The number of nitrogens with two attached hydrogens (primary N) is 1. The van der Waals surface area contributed by atoms with Crippen LogP contribution in [0.3, 0.4) is 0 Å². The lowest BCUT2D eigenvalue weighted by molar-refractivity contribution is -0.145. The van der Waals surface area contributed by atoms with Crippen LogP contribution in [-0.2, 0) is 26.2 Å².